The molecule has 2 aromatic rings. The van der Waals surface area contributed by atoms with Crippen molar-refractivity contribution in [2.24, 2.45) is 0 Å². The molecule has 2 aromatic carbocycles. The number of rotatable bonds is 6. The Morgan fingerprint density at radius 2 is 1.72 bits per heavy atom. The standard InChI is InChI=1S/C22H24N2O4S/c1-28-19-7-9-20(10-8-19)29(26,27)21-12-14-24(15-13-21)22(25)11-6-17-2-4-18(16-23)5-3-17/h2-5,7-10,21H,6,11-15H2,1H3. The average molecular weight is 413 g/mol. The van der Waals surface area contributed by atoms with Gasteiger partial charge in [-0.15, -0.1) is 0 Å². The number of sulfone groups is 1. The summed E-state index contributed by atoms with van der Waals surface area (Å²) in [6.07, 6.45) is 1.87. The Hall–Kier alpha value is -2.85. The van der Waals surface area contributed by atoms with Gasteiger partial charge in [0.2, 0.25) is 5.91 Å². The molecule has 1 aliphatic heterocycles. The molecule has 0 saturated carbocycles. The summed E-state index contributed by atoms with van der Waals surface area (Å²) in [5.74, 6) is 0.654. The summed E-state index contributed by atoms with van der Waals surface area (Å²) in [7, 11) is -1.88. The van der Waals surface area contributed by atoms with Crippen LogP contribution in [-0.2, 0) is 21.1 Å². The van der Waals surface area contributed by atoms with Gasteiger partial charge in [-0.1, -0.05) is 12.1 Å². The first-order valence-corrected chi connectivity index (χ1v) is 11.1. The maximum Gasteiger partial charge on any atom is 0.222 e. The van der Waals surface area contributed by atoms with E-state index in [0.717, 1.165) is 5.56 Å². The van der Waals surface area contributed by atoms with Gasteiger partial charge in [0.15, 0.2) is 9.84 Å². The van der Waals surface area contributed by atoms with Crippen molar-refractivity contribution in [1.29, 1.82) is 5.26 Å². The van der Waals surface area contributed by atoms with Gasteiger partial charge in [-0.25, -0.2) is 8.42 Å². The van der Waals surface area contributed by atoms with Gasteiger partial charge in [-0.2, -0.15) is 5.26 Å². The minimum atomic E-state index is -3.42. The summed E-state index contributed by atoms with van der Waals surface area (Å²) >= 11 is 0. The van der Waals surface area contributed by atoms with Crippen LogP contribution >= 0.6 is 0 Å². The Kier molecular flexibility index (Phi) is 6.55. The van der Waals surface area contributed by atoms with E-state index >= 15 is 0 Å². The van der Waals surface area contributed by atoms with Crippen LogP contribution < -0.4 is 4.74 Å². The van der Waals surface area contributed by atoms with Gasteiger partial charge in [-0.3, -0.25) is 4.79 Å². The van der Waals surface area contributed by atoms with Crippen LogP contribution in [-0.4, -0.2) is 44.7 Å². The first kappa shape index (κ1) is 20.9. The third-order valence-electron chi connectivity index (χ3n) is 5.33. The van der Waals surface area contributed by atoms with E-state index in [-0.39, 0.29) is 5.91 Å². The average Bonchev–Trinajstić information content (AvgIpc) is 2.78. The molecule has 6 nitrogen and oxygen atoms in total. The van der Waals surface area contributed by atoms with E-state index in [1.54, 1.807) is 41.3 Å². The van der Waals surface area contributed by atoms with Crippen LogP contribution in [0, 0.1) is 11.3 Å². The van der Waals surface area contributed by atoms with Gasteiger partial charge in [-0.05, 0) is 61.2 Å². The SMILES string of the molecule is COc1ccc(S(=O)(=O)C2CCN(C(=O)CCc3ccc(C#N)cc3)CC2)cc1. The molecule has 0 aliphatic carbocycles. The molecule has 152 valence electrons. The number of piperidine rings is 1. The molecule has 0 N–H and O–H groups in total. The topological polar surface area (TPSA) is 87.5 Å². The van der Waals surface area contributed by atoms with Gasteiger partial charge >= 0.3 is 0 Å². The molecule has 0 atom stereocenters. The van der Waals surface area contributed by atoms with Crippen molar-refractivity contribution in [3.05, 3.63) is 59.7 Å². The lowest BCUT2D eigenvalue weighted by atomic mass is 10.1. The summed E-state index contributed by atoms with van der Waals surface area (Å²) in [5, 5.41) is 8.36. The minimum absolute atomic E-state index is 0.0367. The summed E-state index contributed by atoms with van der Waals surface area (Å²) in [6, 6.07) is 15.7. The molecular weight excluding hydrogens is 388 g/mol. The van der Waals surface area contributed by atoms with Crippen molar-refractivity contribution in [2.45, 2.75) is 35.8 Å². The number of benzene rings is 2. The highest BCUT2D eigenvalue weighted by molar-refractivity contribution is 7.92. The highest BCUT2D eigenvalue weighted by Crippen LogP contribution is 2.26. The van der Waals surface area contributed by atoms with Gasteiger partial charge in [0, 0.05) is 19.5 Å². The van der Waals surface area contributed by atoms with E-state index in [4.69, 9.17) is 10.00 Å². The first-order chi connectivity index (χ1) is 13.9. The molecule has 1 aliphatic rings. The Bertz CT molecular complexity index is 985. The van der Waals surface area contributed by atoms with E-state index in [9.17, 15) is 13.2 Å². The molecule has 7 heteroatoms. The van der Waals surface area contributed by atoms with Crippen LogP contribution in [0.4, 0.5) is 0 Å². The fourth-order valence-electron chi connectivity index (χ4n) is 3.53. The number of amides is 1. The third kappa shape index (κ3) is 4.96. The van der Waals surface area contributed by atoms with Crippen LogP contribution in [0.3, 0.4) is 0 Å². The number of likely N-dealkylation sites (tertiary alicyclic amines) is 1. The predicted octanol–water partition coefficient (Wildman–Crippen LogP) is 2.96. The highest BCUT2D eigenvalue weighted by Gasteiger charge is 2.32. The Labute approximate surface area is 171 Å². The highest BCUT2D eigenvalue weighted by atomic mass is 32.2. The van der Waals surface area contributed by atoms with Crippen molar-refractivity contribution in [1.82, 2.24) is 4.90 Å². The number of carbonyl (C=O) groups excluding carboxylic acids is 1. The number of ether oxygens (including phenoxy) is 1. The number of carbonyl (C=O) groups is 1. The first-order valence-electron chi connectivity index (χ1n) is 9.59. The van der Waals surface area contributed by atoms with E-state index in [2.05, 4.69) is 6.07 Å². The summed E-state index contributed by atoms with van der Waals surface area (Å²) in [5.41, 5.74) is 1.61. The Balaban J connectivity index is 1.53. The summed E-state index contributed by atoms with van der Waals surface area (Å²) < 4.78 is 30.8. The van der Waals surface area contributed by atoms with Crippen LogP contribution in [0.25, 0.3) is 0 Å². The molecule has 1 fully saturated rings. The molecular formula is C22H24N2O4S. The number of hydrogen-bond donors (Lipinski definition) is 0. The summed E-state index contributed by atoms with van der Waals surface area (Å²) in [4.78, 5) is 14.6. The lowest BCUT2D eigenvalue weighted by Crippen LogP contribution is -2.42. The maximum atomic E-state index is 12.9. The largest absolute Gasteiger partial charge is 0.497 e. The van der Waals surface area contributed by atoms with Gasteiger partial charge in [0.25, 0.3) is 0 Å². The summed E-state index contributed by atoms with van der Waals surface area (Å²) in [6.45, 7) is 0.901. The van der Waals surface area contributed by atoms with Gasteiger partial charge < -0.3 is 9.64 Å². The van der Waals surface area contributed by atoms with E-state index < -0.39 is 15.1 Å². The zero-order valence-electron chi connectivity index (χ0n) is 16.4. The van der Waals surface area contributed by atoms with Crippen molar-refractivity contribution >= 4 is 15.7 Å². The second-order valence-electron chi connectivity index (χ2n) is 7.11. The van der Waals surface area contributed by atoms with Crippen LogP contribution in [0.1, 0.15) is 30.4 Å². The Morgan fingerprint density at radius 3 is 2.28 bits per heavy atom. The number of nitriles is 1. The van der Waals surface area contributed by atoms with Crippen molar-refractivity contribution < 1.29 is 17.9 Å². The molecule has 0 aromatic heterocycles. The van der Waals surface area contributed by atoms with Crippen LogP contribution in [0.5, 0.6) is 5.75 Å². The van der Waals surface area contributed by atoms with Crippen LogP contribution in [0.2, 0.25) is 0 Å². The van der Waals surface area contributed by atoms with E-state index in [1.807, 2.05) is 12.1 Å². The second-order valence-corrected chi connectivity index (χ2v) is 9.34. The number of aryl methyl sites for hydroxylation is 1. The van der Waals surface area contributed by atoms with Crippen molar-refractivity contribution in [3.63, 3.8) is 0 Å². The molecule has 29 heavy (non-hydrogen) atoms. The maximum absolute atomic E-state index is 12.9. The predicted molar refractivity (Wildman–Crippen MR) is 109 cm³/mol. The zero-order chi connectivity index (χ0) is 20.9. The number of methoxy groups -OCH3 is 1. The second kappa shape index (κ2) is 9.10. The Morgan fingerprint density at radius 1 is 1.10 bits per heavy atom. The molecule has 1 saturated heterocycles. The molecule has 0 unspecified atom stereocenters. The van der Waals surface area contributed by atoms with Crippen LogP contribution in [0.15, 0.2) is 53.4 Å². The lowest BCUT2D eigenvalue weighted by molar-refractivity contribution is -0.132. The van der Waals surface area contributed by atoms with E-state index in [1.165, 1.54) is 7.11 Å². The van der Waals surface area contributed by atoms with E-state index in [0.29, 0.717) is 55.0 Å². The molecule has 1 amide bonds. The fourth-order valence-corrected chi connectivity index (χ4v) is 5.26. The minimum Gasteiger partial charge on any atom is -0.497 e. The van der Waals surface area contributed by atoms with Gasteiger partial charge in [0.1, 0.15) is 5.75 Å². The smallest absolute Gasteiger partial charge is 0.222 e. The van der Waals surface area contributed by atoms with Crippen molar-refractivity contribution in [2.75, 3.05) is 20.2 Å². The van der Waals surface area contributed by atoms with Gasteiger partial charge in [0.05, 0.1) is 28.9 Å². The molecule has 1 heterocycles. The fraction of sp³-hybridized carbons (Fsp3) is 0.364. The number of nitrogens with zero attached hydrogens (tertiary/aromatic N) is 2. The molecule has 0 radical (unpaired) electrons. The zero-order valence-corrected chi connectivity index (χ0v) is 17.2. The monoisotopic (exact) mass is 412 g/mol. The molecule has 3 rings (SSSR count). The van der Waals surface area contributed by atoms with Crippen molar-refractivity contribution in [3.8, 4) is 11.8 Å². The lowest BCUT2D eigenvalue weighted by Gasteiger charge is -2.32. The molecule has 0 spiro atoms. The quantitative estimate of drug-likeness (QED) is 0.728. The molecule has 0 bridgehead atoms. The third-order valence-corrected chi connectivity index (χ3v) is 7.61. The normalized spacial score (nSPS) is 15.0. The number of hydrogen-bond acceptors (Lipinski definition) is 5.